The van der Waals surface area contributed by atoms with Gasteiger partial charge in [-0.2, -0.15) is 0 Å². The summed E-state index contributed by atoms with van der Waals surface area (Å²) in [6, 6.07) is 39.5. The SMILES string of the molecule is CC1Cc2c(cc(-c3ccc4c(c3)oc3ccccc34)c3c4cccc5oc6cccc(c23)c6c54)-c2ccccc21. The van der Waals surface area contributed by atoms with Crippen LogP contribution in [0.3, 0.4) is 0 Å². The van der Waals surface area contributed by atoms with Gasteiger partial charge >= 0.3 is 0 Å². The predicted molar refractivity (Wildman–Crippen MR) is 170 cm³/mol. The first-order valence-corrected chi connectivity index (χ1v) is 14.4. The Morgan fingerprint density at radius 2 is 1.15 bits per heavy atom. The highest BCUT2D eigenvalue weighted by molar-refractivity contribution is 6.36. The minimum absolute atomic E-state index is 0.446. The van der Waals surface area contributed by atoms with E-state index in [1.54, 1.807) is 0 Å². The first kappa shape index (κ1) is 21.7. The number of hydrogen-bond donors (Lipinski definition) is 0. The lowest BCUT2D eigenvalue weighted by Gasteiger charge is -2.29. The quantitative estimate of drug-likeness (QED) is 0.200. The molecule has 0 spiro atoms. The van der Waals surface area contributed by atoms with E-state index in [1.165, 1.54) is 65.7 Å². The monoisotopic (exact) mass is 524 g/mol. The molecule has 0 saturated heterocycles. The van der Waals surface area contributed by atoms with Crippen molar-refractivity contribution in [3.05, 3.63) is 120 Å². The van der Waals surface area contributed by atoms with Gasteiger partial charge in [0.1, 0.15) is 22.3 Å². The van der Waals surface area contributed by atoms with Crippen LogP contribution in [0.5, 0.6) is 0 Å². The predicted octanol–water partition coefficient (Wildman–Crippen LogP) is 11.2. The standard InChI is InChI=1S/C39H24O2/c1-21-18-31-30(24-9-3-2-8-23(21)24)20-29(22-16-17-26-25-10-4-5-13-32(25)40-35(26)19-22)36-27-11-6-14-33-38(27)39-28(37(31)36)12-7-15-34(39)41-33/h2-17,19-21H,18H2,1H3. The third-order valence-corrected chi connectivity index (χ3v) is 9.48. The summed E-state index contributed by atoms with van der Waals surface area (Å²) in [6.45, 7) is 2.37. The lowest BCUT2D eigenvalue weighted by atomic mass is 9.75. The van der Waals surface area contributed by atoms with Gasteiger partial charge in [0.15, 0.2) is 0 Å². The van der Waals surface area contributed by atoms with E-state index >= 15 is 0 Å². The van der Waals surface area contributed by atoms with Crippen molar-refractivity contribution in [2.75, 3.05) is 0 Å². The van der Waals surface area contributed by atoms with Crippen LogP contribution >= 0.6 is 0 Å². The highest BCUT2D eigenvalue weighted by atomic mass is 16.3. The van der Waals surface area contributed by atoms with Crippen LogP contribution in [0.4, 0.5) is 0 Å². The van der Waals surface area contributed by atoms with Gasteiger partial charge in [-0.15, -0.1) is 0 Å². The lowest BCUT2D eigenvalue weighted by Crippen LogP contribution is -2.10. The summed E-state index contributed by atoms with van der Waals surface area (Å²) >= 11 is 0. The zero-order valence-electron chi connectivity index (χ0n) is 22.5. The second-order valence-corrected chi connectivity index (χ2v) is 11.7. The van der Waals surface area contributed by atoms with E-state index in [1.807, 2.05) is 6.07 Å². The van der Waals surface area contributed by atoms with Crippen molar-refractivity contribution in [3.8, 4) is 22.3 Å². The molecule has 10 rings (SSSR count). The summed E-state index contributed by atoms with van der Waals surface area (Å²) in [5.41, 5.74) is 11.7. The number of benzene rings is 7. The van der Waals surface area contributed by atoms with Gasteiger partial charge in [-0.1, -0.05) is 79.7 Å². The molecule has 0 amide bonds. The summed E-state index contributed by atoms with van der Waals surface area (Å²) in [5, 5.41) is 9.97. The van der Waals surface area contributed by atoms with Crippen LogP contribution in [0.1, 0.15) is 24.0 Å². The lowest BCUT2D eigenvalue weighted by molar-refractivity contribution is 0.669. The third kappa shape index (κ3) is 2.72. The fraction of sp³-hybridized carbons (Fsp3) is 0.0769. The van der Waals surface area contributed by atoms with Crippen molar-refractivity contribution >= 4 is 65.4 Å². The van der Waals surface area contributed by atoms with Crippen molar-refractivity contribution in [1.82, 2.24) is 0 Å². The molecular weight excluding hydrogens is 500 g/mol. The average molecular weight is 525 g/mol. The molecular formula is C39H24O2. The van der Waals surface area contributed by atoms with Gasteiger partial charge in [0.05, 0.1) is 0 Å². The maximum atomic E-state index is 6.43. The Hall–Kier alpha value is -5.08. The molecule has 2 heterocycles. The zero-order valence-corrected chi connectivity index (χ0v) is 22.5. The number of para-hydroxylation sites is 1. The Labute approximate surface area is 235 Å². The van der Waals surface area contributed by atoms with E-state index in [2.05, 4.69) is 110 Å². The Morgan fingerprint density at radius 1 is 0.488 bits per heavy atom. The maximum Gasteiger partial charge on any atom is 0.136 e. The van der Waals surface area contributed by atoms with Crippen LogP contribution in [0.25, 0.3) is 87.7 Å². The number of furan rings is 2. The second-order valence-electron chi connectivity index (χ2n) is 11.7. The van der Waals surface area contributed by atoms with Gasteiger partial charge in [-0.3, -0.25) is 0 Å². The fourth-order valence-electron chi connectivity index (χ4n) is 7.75. The van der Waals surface area contributed by atoms with E-state index in [4.69, 9.17) is 8.83 Å². The summed E-state index contributed by atoms with van der Waals surface area (Å²) in [5.74, 6) is 0.446. The first-order chi connectivity index (χ1) is 20.2. The summed E-state index contributed by atoms with van der Waals surface area (Å²) < 4.78 is 12.8. The summed E-state index contributed by atoms with van der Waals surface area (Å²) in [4.78, 5) is 0. The molecule has 1 unspecified atom stereocenters. The van der Waals surface area contributed by atoms with E-state index in [0.29, 0.717) is 5.92 Å². The van der Waals surface area contributed by atoms with Crippen molar-refractivity contribution in [2.45, 2.75) is 19.3 Å². The highest BCUT2D eigenvalue weighted by Gasteiger charge is 2.28. The van der Waals surface area contributed by atoms with E-state index < -0.39 is 0 Å². The Bertz CT molecular complexity index is 2520. The van der Waals surface area contributed by atoms with Crippen molar-refractivity contribution in [3.63, 3.8) is 0 Å². The maximum absolute atomic E-state index is 6.43. The summed E-state index contributed by atoms with van der Waals surface area (Å²) in [7, 11) is 0. The minimum atomic E-state index is 0.446. The molecule has 0 bridgehead atoms. The van der Waals surface area contributed by atoms with Gasteiger partial charge in [-0.05, 0) is 104 Å². The highest BCUT2D eigenvalue weighted by Crippen LogP contribution is 2.52. The van der Waals surface area contributed by atoms with Crippen LogP contribution in [0.2, 0.25) is 0 Å². The largest absolute Gasteiger partial charge is 0.456 e. The molecule has 192 valence electrons. The molecule has 0 saturated carbocycles. The zero-order chi connectivity index (χ0) is 26.8. The molecule has 2 nitrogen and oxygen atoms in total. The summed E-state index contributed by atoms with van der Waals surface area (Å²) in [6.07, 6.45) is 1.01. The fourth-order valence-corrected chi connectivity index (χ4v) is 7.75. The van der Waals surface area contributed by atoms with Crippen molar-refractivity contribution < 1.29 is 8.83 Å². The van der Waals surface area contributed by atoms with Crippen LogP contribution in [-0.4, -0.2) is 0 Å². The molecule has 41 heavy (non-hydrogen) atoms. The van der Waals surface area contributed by atoms with Gasteiger partial charge < -0.3 is 8.83 Å². The Kier molecular flexibility index (Phi) is 4.00. The van der Waals surface area contributed by atoms with Crippen molar-refractivity contribution in [2.24, 2.45) is 0 Å². The van der Waals surface area contributed by atoms with E-state index in [-0.39, 0.29) is 0 Å². The van der Waals surface area contributed by atoms with Gasteiger partial charge in [0, 0.05) is 21.5 Å². The molecule has 1 aliphatic carbocycles. The van der Waals surface area contributed by atoms with Gasteiger partial charge in [-0.25, -0.2) is 0 Å². The van der Waals surface area contributed by atoms with Gasteiger partial charge in [0.25, 0.3) is 0 Å². The average Bonchev–Trinajstić information content (AvgIpc) is 3.59. The first-order valence-electron chi connectivity index (χ1n) is 14.4. The smallest absolute Gasteiger partial charge is 0.136 e. The number of hydrogen-bond acceptors (Lipinski definition) is 2. The minimum Gasteiger partial charge on any atom is -0.456 e. The van der Waals surface area contributed by atoms with Crippen LogP contribution in [0.15, 0.2) is 118 Å². The molecule has 0 fully saturated rings. The topological polar surface area (TPSA) is 26.3 Å². The van der Waals surface area contributed by atoms with Crippen LogP contribution < -0.4 is 0 Å². The molecule has 0 radical (unpaired) electrons. The van der Waals surface area contributed by atoms with Gasteiger partial charge in [0.2, 0.25) is 0 Å². The third-order valence-electron chi connectivity index (χ3n) is 9.48. The number of rotatable bonds is 1. The van der Waals surface area contributed by atoms with Crippen LogP contribution in [-0.2, 0) is 6.42 Å². The molecule has 9 aromatic rings. The molecule has 0 N–H and O–H groups in total. The molecule has 2 heteroatoms. The molecule has 0 aliphatic heterocycles. The van der Waals surface area contributed by atoms with Crippen LogP contribution in [0, 0.1) is 0 Å². The number of fused-ring (bicyclic) bond motifs is 10. The normalized spacial score (nSPS) is 15.1. The molecule has 7 aromatic carbocycles. The molecule has 2 aromatic heterocycles. The van der Waals surface area contributed by atoms with Crippen molar-refractivity contribution in [1.29, 1.82) is 0 Å². The second kappa shape index (κ2) is 7.56. The Morgan fingerprint density at radius 3 is 2.00 bits per heavy atom. The molecule has 1 atom stereocenters. The molecule has 1 aliphatic rings. The van der Waals surface area contributed by atoms with E-state index in [0.717, 1.165) is 39.5 Å². The Balaban J connectivity index is 1.43. The van der Waals surface area contributed by atoms with E-state index in [9.17, 15) is 0 Å².